The number of ether oxygens (including phenoxy) is 1. The summed E-state index contributed by atoms with van der Waals surface area (Å²) >= 11 is 0. The van der Waals surface area contributed by atoms with Gasteiger partial charge in [0.1, 0.15) is 0 Å². The van der Waals surface area contributed by atoms with Crippen LogP contribution in [0.4, 0.5) is 5.69 Å². The molecule has 0 spiro atoms. The van der Waals surface area contributed by atoms with Crippen molar-refractivity contribution < 1.29 is 4.74 Å². The van der Waals surface area contributed by atoms with E-state index in [9.17, 15) is 0 Å². The minimum Gasteiger partial charge on any atom is -0.382 e. The second kappa shape index (κ2) is 7.19. The average Bonchev–Trinajstić information content (AvgIpc) is 2.25. The largest absolute Gasteiger partial charge is 0.382 e. The molecule has 0 saturated carbocycles. The van der Waals surface area contributed by atoms with Crippen molar-refractivity contribution in [2.45, 2.75) is 6.92 Å². The molecule has 1 N–H and O–H groups in total. The van der Waals surface area contributed by atoms with Crippen LogP contribution in [-0.2, 0) is 4.74 Å². The van der Waals surface area contributed by atoms with Crippen LogP contribution in [0.2, 0.25) is 0 Å². The van der Waals surface area contributed by atoms with Gasteiger partial charge in [-0.15, -0.1) is 0 Å². The number of rotatable bonds is 7. The molecule has 0 unspecified atom stereocenters. The summed E-state index contributed by atoms with van der Waals surface area (Å²) in [5, 5.41) is 3.32. The lowest BCUT2D eigenvalue weighted by atomic mass is 10.2. The molecule has 0 bridgehead atoms. The molecule has 0 fully saturated rings. The van der Waals surface area contributed by atoms with E-state index in [2.05, 4.69) is 15.2 Å². The molecule has 16 heavy (non-hydrogen) atoms. The van der Waals surface area contributed by atoms with Gasteiger partial charge in [0.05, 0.1) is 13.2 Å². The van der Waals surface area contributed by atoms with Gasteiger partial charge in [-0.1, -0.05) is 0 Å². The van der Waals surface area contributed by atoms with Crippen LogP contribution in [0.25, 0.3) is 0 Å². The Morgan fingerprint density at radius 1 is 1.38 bits per heavy atom. The molecule has 0 atom stereocenters. The second-order valence-electron chi connectivity index (χ2n) is 4.03. The van der Waals surface area contributed by atoms with Gasteiger partial charge in [-0.05, 0) is 32.6 Å². The standard InChI is InChI=1S/C12H21N3O/c1-11-10-13-5-4-12(11)14-6-8-16-9-7-15(2)3/h4-5,10H,6-9H2,1-3H3,(H,13,14). The van der Waals surface area contributed by atoms with Crippen molar-refractivity contribution in [3.05, 3.63) is 24.0 Å². The number of pyridine rings is 1. The first-order chi connectivity index (χ1) is 7.70. The zero-order chi connectivity index (χ0) is 11.8. The Hall–Kier alpha value is -1.13. The third-order valence-electron chi connectivity index (χ3n) is 2.26. The van der Waals surface area contributed by atoms with Crippen molar-refractivity contribution in [3.8, 4) is 0 Å². The molecule has 0 aliphatic heterocycles. The van der Waals surface area contributed by atoms with E-state index < -0.39 is 0 Å². The topological polar surface area (TPSA) is 37.4 Å². The minimum absolute atomic E-state index is 0.732. The maximum Gasteiger partial charge on any atom is 0.0639 e. The first kappa shape index (κ1) is 12.9. The highest BCUT2D eigenvalue weighted by atomic mass is 16.5. The molecular formula is C12H21N3O. The molecule has 0 radical (unpaired) electrons. The van der Waals surface area contributed by atoms with Crippen molar-refractivity contribution in [3.63, 3.8) is 0 Å². The van der Waals surface area contributed by atoms with Crippen LogP contribution in [0.3, 0.4) is 0 Å². The lowest BCUT2D eigenvalue weighted by Gasteiger charge is -2.11. The molecule has 1 rings (SSSR count). The number of aryl methyl sites for hydroxylation is 1. The molecule has 90 valence electrons. The molecule has 4 heteroatoms. The first-order valence-electron chi connectivity index (χ1n) is 5.57. The maximum absolute atomic E-state index is 5.49. The number of nitrogens with zero attached hydrogens (tertiary/aromatic N) is 2. The first-order valence-corrected chi connectivity index (χ1v) is 5.57. The molecule has 0 aliphatic rings. The highest BCUT2D eigenvalue weighted by Gasteiger charge is 1.96. The summed E-state index contributed by atoms with van der Waals surface area (Å²) in [4.78, 5) is 6.16. The van der Waals surface area contributed by atoms with Gasteiger partial charge in [-0.25, -0.2) is 0 Å². The van der Waals surface area contributed by atoms with E-state index in [1.807, 2.05) is 33.3 Å². The fourth-order valence-corrected chi connectivity index (χ4v) is 1.28. The number of hydrogen-bond donors (Lipinski definition) is 1. The second-order valence-corrected chi connectivity index (χ2v) is 4.03. The predicted molar refractivity (Wildman–Crippen MR) is 66.8 cm³/mol. The summed E-state index contributed by atoms with van der Waals surface area (Å²) in [6.45, 7) is 5.36. The number of hydrogen-bond acceptors (Lipinski definition) is 4. The number of anilines is 1. The lowest BCUT2D eigenvalue weighted by molar-refractivity contribution is 0.126. The van der Waals surface area contributed by atoms with E-state index in [1.165, 1.54) is 0 Å². The van der Waals surface area contributed by atoms with Crippen molar-refractivity contribution in [1.29, 1.82) is 0 Å². The third kappa shape index (κ3) is 5.09. The van der Waals surface area contributed by atoms with Gasteiger partial charge in [0.25, 0.3) is 0 Å². The fraction of sp³-hybridized carbons (Fsp3) is 0.583. The van der Waals surface area contributed by atoms with Gasteiger partial charge >= 0.3 is 0 Å². The molecule has 0 saturated heterocycles. The molecule has 1 heterocycles. The lowest BCUT2D eigenvalue weighted by Crippen LogP contribution is -2.20. The summed E-state index contributed by atoms with van der Waals surface area (Å²) in [6.07, 6.45) is 3.65. The van der Waals surface area contributed by atoms with Crippen LogP contribution < -0.4 is 5.32 Å². The highest BCUT2D eigenvalue weighted by Crippen LogP contribution is 2.10. The molecule has 0 amide bonds. The van der Waals surface area contributed by atoms with E-state index in [0.29, 0.717) is 0 Å². The molecule has 0 aliphatic carbocycles. The van der Waals surface area contributed by atoms with Gasteiger partial charge in [-0.2, -0.15) is 0 Å². The Balaban J connectivity index is 2.10. The Morgan fingerprint density at radius 2 is 2.19 bits per heavy atom. The van der Waals surface area contributed by atoms with Gasteiger partial charge in [-0.3, -0.25) is 4.98 Å². The molecule has 1 aromatic heterocycles. The SMILES string of the molecule is Cc1cnccc1NCCOCCN(C)C. The fourth-order valence-electron chi connectivity index (χ4n) is 1.28. The van der Waals surface area contributed by atoms with Gasteiger partial charge < -0.3 is 15.0 Å². The van der Waals surface area contributed by atoms with E-state index in [1.54, 1.807) is 6.20 Å². The summed E-state index contributed by atoms with van der Waals surface area (Å²) in [7, 11) is 4.09. The summed E-state index contributed by atoms with van der Waals surface area (Å²) in [5.74, 6) is 0. The predicted octanol–water partition coefficient (Wildman–Crippen LogP) is 1.38. The molecular weight excluding hydrogens is 202 g/mol. The zero-order valence-corrected chi connectivity index (χ0v) is 10.4. The average molecular weight is 223 g/mol. The quantitative estimate of drug-likeness (QED) is 0.709. The monoisotopic (exact) mass is 223 g/mol. The van der Waals surface area contributed by atoms with Gasteiger partial charge in [0.2, 0.25) is 0 Å². The normalized spacial score (nSPS) is 10.8. The van der Waals surface area contributed by atoms with Crippen molar-refractivity contribution in [2.24, 2.45) is 0 Å². The van der Waals surface area contributed by atoms with Crippen molar-refractivity contribution in [1.82, 2.24) is 9.88 Å². The van der Waals surface area contributed by atoms with Gasteiger partial charge in [0, 0.05) is 31.2 Å². The van der Waals surface area contributed by atoms with Crippen LogP contribution in [0.1, 0.15) is 5.56 Å². The number of likely N-dealkylation sites (N-methyl/N-ethyl adjacent to an activating group) is 1. The van der Waals surface area contributed by atoms with E-state index in [4.69, 9.17) is 4.74 Å². The van der Waals surface area contributed by atoms with Crippen LogP contribution in [-0.4, -0.2) is 50.3 Å². The maximum atomic E-state index is 5.49. The Bertz CT molecular complexity index is 302. The van der Waals surface area contributed by atoms with Crippen molar-refractivity contribution >= 4 is 5.69 Å². The Morgan fingerprint density at radius 3 is 2.88 bits per heavy atom. The minimum atomic E-state index is 0.732. The Kier molecular flexibility index (Phi) is 5.82. The Labute approximate surface area is 97.6 Å². The number of aromatic nitrogens is 1. The van der Waals surface area contributed by atoms with Crippen molar-refractivity contribution in [2.75, 3.05) is 45.7 Å². The van der Waals surface area contributed by atoms with E-state index in [-0.39, 0.29) is 0 Å². The van der Waals surface area contributed by atoms with Crippen LogP contribution in [0, 0.1) is 6.92 Å². The van der Waals surface area contributed by atoms with E-state index >= 15 is 0 Å². The van der Waals surface area contributed by atoms with Crippen LogP contribution in [0.5, 0.6) is 0 Å². The van der Waals surface area contributed by atoms with Crippen LogP contribution >= 0.6 is 0 Å². The highest BCUT2D eigenvalue weighted by molar-refractivity contribution is 5.48. The van der Waals surface area contributed by atoms with Crippen LogP contribution in [0.15, 0.2) is 18.5 Å². The molecule has 1 aromatic rings. The van der Waals surface area contributed by atoms with E-state index in [0.717, 1.165) is 37.6 Å². The summed E-state index contributed by atoms with van der Waals surface area (Å²) in [6, 6.07) is 1.98. The zero-order valence-electron chi connectivity index (χ0n) is 10.4. The summed E-state index contributed by atoms with van der Waals surface area (Å²) < 4.78 is 5.49. The number of nitrogens with one attached hydrogen (secondary N) is 1. The molecule has 0 aromatic carbocycles. The summed E-state index contributed by atoms with van der Waals surface area (Å²) in [5.41, 5.74) is 2.29. The van der Waals surface area contributed by atoms with Gasteiger partial charge in [0.15, 0.2) is 0 Å². The third-order valence-corrected chi connectivity index (χ3v) is 2.26. The molecule has 4 nitrogen and oxygen atoms in total. The smallest absolute Gasteiger partial charge is 0.0639 e.